The van der Waals surface area contributed by atoms with Crippen LogP contribution in [0.3, 0.4) is 0 Å². The molecule has 0 amide bonds. The first-order chi connectivity index (χ1) is 7.04. The molecule has 0 aromatic carbocycles. The predicted octanol–water partition coefficient (Wildman–Crippen LogP) is 3.04. The number of carbonyl (C=O) groups excluding carboxylic acids is 1. The van der Waals surface area contributed by atoms with Crippen molar-refractivity contribution in [2.24, 2.45) is 0 Å². The molecule has 0 aliphatic carbocycles. The molecule has 0 unspecified atom stereocenters. The Bertz CT molecular complexity index is 364. The molecule has 0 spiro atoms. The highest BCUT2D eigenvalue weighted by atomic mass is 35.5. The summed E-state index contributed by atoms with van der Waals surface area (Å²) in [5.74, 6) is -0.124. The summed E-state index contributed by atoms with van der Waals surface area (Å²) in [5.41, 5.74) is 1.26. The Morgan fingerprint density at radius 3 is 2.73 bits per heavy atom. The van der Waals surface area contributed by atoms with Gasteiger partial charge in [-0.3, -0.25) is 0 Å². The minimum Gasteiger partial charge on any atom is -0.462 e. The van der Waals surface area contributed by atoms with E-state index >= 15 is 0 Å². The third-order valence-corrected chi connectivity index (χ3v) is 2.11. The maximum Gasteiger partial charge on any atom is 0.338 e. The molecule has 0 fully saturated rings. The van der Waals surface area contributed by atoms with E-state index in [1.807, 2.05) is 13.8 Å². The lowest BCUT2D eigenvalue weighted by atomic mass is 10.1. The first kappa shape index (κ1) is 12.0. The van der Waals surface area contributed by atoms with Crippen LogP contribution in [0.15, 0.2) is 12.1 Å². The smallest absolute Gasteiger partial charge is 0.338 e. The van der Waals surface area contributed by atoms with Crippen molar-refractivity contribution in [3.8, 4) is 0 Å². The number of ether oxygens (including phenoxy) is 1. The van der Waals surface area contributed by atoms with Gasteiger partial charge in [-0.2, -0.15) is 0 Å². The second-order valence-electron chi connectivity index (χ2n) is 3.48. The second-order valence-corrected chi connectivity index (χ2v) is 3.87. The van der Waals surface area contributed by atoms with Crippen molar-refractivity contribution in [3.05, 3.63) is 28.5 Å². The number of nitrogens with zero attached hydrogens (tertiary/aromatic N) is 1. The van der Waals surface area contributed by atoms with E-state index in [9.17, 15) is 4.79 Å². The fourth-order valence-electron chi connectivity index (χ4n) is 1.15. The third kappa shape index (κ3) is 3.20. The molecule has 0 aliphatic rings. The fraction of sp³-hybridized carbons (Fsp3) is 0.455. The van der Waals surface area contributed by atoms with E-state index in [1.54, 1.807) is 13.0 Å². The molecule has 0 N–H and O–H groups in total. The van der Waals surface area contributed by atoms with Gasteiger partial charge in [0.05, 0.1) is 12.2 Å². The monoisotopic (exact) mass is 227 g/mol. The van der Waals surface area contributed by atoms with E-state index in [0.717, 1.165) is 5.69 Å². The summed E-state index contributed by atoms with van der Waals surface area (Å²) in [6.07, 6.45) is 0. The van der Waals surface area contributed by atoms with Gasteiger partial charge in [0.25, 0.3) is 0 Å². The topological polar surface area (TPSA) is 39.2 Å². The maximum absolute atomic E-state index is 11.5. The molecule has 3 nitrogen and oxygen atoms in total. The van der Waals surface area contributed by atoms with Crippen molar-refractivity contribution < 1.29 is 9.53 Å². The number of hydrogen-bond acceptors (Lipinski definition) is 3. The lowest BCUT2D eigenvalue weighted by Gasteiger charge is -2.07. The van der Waals surface area contributed by atoms with Crippen LogP contribution < -0.4 is 0 Å². The number of rotatable bonds is 3. The average molecular weight is 228 g/mol. The molecule has 0 radical (unpaired) electrons. The van der Waals surface area contributed by atoms with Crippen LogP contribution in [0.4, 0.5) is 0 Å². The fourth-order valence-corrected chi connectivity index (χ4v) is 1.36. The van der Waals surface area contributed by atoms with Crippen LogP contribution in [0.2, 0.25) is 5.15 Å². The molecule has 0 bridgehead atoms. The summed E-state index contributed by atoms with van der Waals surface area (Å²) in [4.78, 5) is 15.6. The molecular formula is C11H14ClNO2. The number of hydrogen-bond donors (Lipinski definition) is 0. The van der Waals surface area contributed by atoms with Gasteiger partial charge in [-0.25, -0.2) is 9.78 Å². The van der Waals surface area contributed by atoms with Gasteiger partial charge in [0.1, 0.15) is 5.15 Å². The minimum atomic E-state index is -0.358. The van der Waals surface area contributed by atoms with Crippen molar-refractivity contribution in [2.45, 2.75) is 26.7 Å². The molecule has 0 saturated carbocycles. The molecule has 0 aliphatic heterocycles. The third-order valence-electron chi connectivity index (χ3n) is 1.92. The van der Waals surface area contributed by atoms with Crippen molar-refractivity contribution >= 4 is 17.6 Å². The standard InChI is InChI=1S/C11H14ClNO2/c1-4-15-11(14)8-5-9(7(2)3)13-10(12)6-8/h5-7H,4H2,1-3H3. The molecular weight excluding hydrogens is 214 g/mol. The van der Waals surface area contributed by atoms with Crippen LogP contribution >= 0.6 is 11.6 Å². The number of aromatic nitrogens is 1. The van der Waals surface area contributed by atoms with E-state index in [2.05, 4.69) is 4.98 Å². The SMILES string of the molecule is CCOC(=O)c1cc(Cl)nc(C(C)C)c1. The van der Waals surface area contributed by atoms with Gasteiger partial charge in [-0.15, -0.1) is 0 Å². The van der Waals surface area contributed by atoms with Crippen molar-refractivity contribution in [1.29, 1.82) is 0 Å². The van der Waals surface area contributed by atoms with Gasteiger partial charge in [0.2, 0.25) is 0 Å². The highest BCUT2D eigenvalue weighted by Gasteiger charge is 2.11. The highest BCUT2D eigenvalue weighted by Crippen LogP contribution is 2.18. The normalized spacial score (nSPS) is 10.5. The van der Waals surface area contributed by atoms with E-state index in [1.165, 1.54) is 6.07 Å². The van der Waals surface area contributed by atoms with E-state index in [0.29, 0.717) is 17.3 Å². The summed E-state index contributed by atoms with van der Waals surface area (Å²) in [7, 11) is 0. The summed E-state index contributed by atoms with van der Waals surface area (Å²) >= 11 is 5.82. The van der Waals surface area contributed by atoms with E-state index in [4.69, 9.17) is 16.3 Å². The number of carbonyl (C=O) groups is 1. The Labute approximate surface area is 94.4 Å². The Balaban J connectivity index is 3.03. The van der Waals surface area contributed by atoms with Crippen molar-refractivity contribution in [3.63, 3.8) is 0 Å². The zero-order chi connectivity index (χ0) is 11.4. The van der Waals surface area contributed by atoms with Crippen LogP contribution in [0, 0.1) is 0 Å². The summed E-state index contributed by atoms with van der Waals surface area (Å²) < 4.78 is 4.89. The Morgan fingerprint density at radius 1 is 1.53 bits per heavy atom. The lowest BCUT2D eigenvalue weighted by molar-refractivity contribution is 0.0526. The van der Waals surface area contributed by atoms with Crippen LogP contribution in [0.5, 0.6) is 0 Å². The Kier molecular flexibility index (Phi) is 4.09. The number of pyridine rings is 1. The van der Waals surface area contributed by atoms with E-state index in [-0.39, 0.29) is 11.9 Å². The molecule has 1 aromatic heterocycles. The lowest BCUT2D eigenvalue weighted by Crippen LogP contribution is -2.06. The van der Waals surface area contributed by atoms with Gasteiger partial charge in [-0.1, -0.05) is 25.4 Å². The van der Waals surface area contributed by atoms with E-state index < -0.39 is 0 Å². The molecule has 0 atom stereocenters. The summed E-state index contributed by atoms with van der Waals surface area (Å²) in [6.45, 7) is 6.11. The average Bonchev–Trinajstić information content (AvgIpc) is 2.17. The minimum absolute atomic E-state index is 0.233. The Hall–Kier alpha value is -1.09. The van der Waals surface area contributed by atoms with Gasteiger partial charge in [0.15, 0.2) is 0 Å². The number of esters is 1. The molecule has 15 heavy (non-hydrogen) atoms. The van der Waals surface area contributed by atoms with Gasteiger partial charge < -0.3 is 4.74 Å². The highest BCUT2D eigenvalue weighted by molar-refractivity contribution is 6.29. The predicted molar refractivity (Wildman–Crippen MR) is 59.3 cm³/mol. The summed E-state index contributed by atoms with van der Waals surface area (Å²) in [5, 5.41) is 0.323. The zero-order valence-corrected chi connectivity index (χ0v) is 9.84. The van der Waals surface area contributed by atoms with Crippen LogP contribution in [0.25, 0.3) is 0 Å². The molecule has 4 heteroatoms. The van der Waals surface area contributed by atoms with Crippen molar-refractivity contribution in [2.75, 3.05) is 6.61 Å². The van der Waals surface area contributed by atoms with Crippen LogP contribution in [-0.4, -0.2) is 17.6 Å². The summed E-state index contributed by atoms with van der Waals surface area (Å²) in [6, 6.07) is 3.24. The number of halogens is 1. The molecule has 1 heterocycles. The van der Waals surface area contributed by atoms with Crippen molar-refractivity contribution in [1.82, 2.24) is 4.98 Å². The van der Waals surface area contributed by atoms with Gasteiger partial charge in [0, 0.05) is 5.69 Å². The molecule has 1 aromatic rings. The largest absolute Gasteiger partial charge is 0.462 e. The quantitative estimate of drug-likeness (QED) is 0.589. The van der Waals surface area contributed by atoms with Crippen LogP contribution in [-0.2, 0) is 4.74 Å². The first-order valence-corrected chi connectivity index (χ1v) is 5.27. The first-order valence-electron chi connectivity index (χ1n) is 4.89. The van der Waals surface area contributed by atoms with Gasteiger partial charge in [-0.05, 0) is 25.0 Å². The maximum atomic E-state index is 11.5. The zero-order valence-electron chi connectivity index (χ0n) is 9.08. The molecule has 0 saturated heterocycles. The molecule has 1 rings (SSSR count). The Morgan fingerprint density at radius 2 is 2.20 bits per heavy atom. The molecule has 82 valence electrons. The van der Waals surface area contributed by atoms with Gasteiger partial charge >= 0.3 is 5.97 Å². The van der Waals surface area contributed by atoms with Crippen LogP contribution in [0.1, 0.15) is 42.7 Å². The second kappa shape index (κ2) is 5.12.